The second-order valence-electron chi connectivity index (χ2n) is 5.49. The minimum Gasteiger partial charge on any atom is -0.381 e. The van der Waals surface area contributed by atoms with Gasteiger partial charge in [0.05, 0.1) is 6.61 Å². The van der Waals surface area contributed by atoms with E-state index in [1.807, 2.05) is 6.92 Å². The first-order chi connectivity index (χ1) is 8.22. The van der Waals surface area contributed by atoms with Crippen LogP contribution in [-0.2, 0) is 9.53 Å². The molecular formula is C14H25NO2. The van der Waals surface area contributed by atoms with Crippen LogP contribution in [0.25, 0.3) is 0 Å². The maximum atomic E-state index is 12.1. The van der Waals surface area contributed by atoms with Crippen molar-refractivity contribution in [1.82, 2.24) is 4.90 Å². The standard InChI is InChI=1S/C14H25NO2/c1-3-17-8-7-14(16)11-9-12-5-4-6-13(10-11)15(12)2/h11-13H,3-10H2,1-2H3. The maximum Gasteiger partial charge on any atom is 0.138 e. The molecule has 0 aromatic carbocycles. The van der Waals surface area contributed by atoms with Crippen molar-refractivity contribution in [3.8, 4) is 0 Å². The highest BCUT2D eigenvalue weighted by Gasteiger charge is 2.38. The van der Waals surface area contributed by atoms with Crippen molar-refractivity contribution in [3.63, 3.8) is 0 Å². The third kappa shape index (κ3) is 3.08. The predicted molar refractivity (Wildman–Crippen MR) is 68.0 cm³/mol. The van der Waals surface area contributed by atoms with Gasteiger partial charge in [-0.3, -0.25) is 4.79 Å². The lowest BCUT2D eigenvalue weighted by Gasteiger charge is -2.46. The fraction of sp³-hybridized carbons (Fsp3) is 0.929. The van der Waals surface area contributed by atoms with Crippen molar-refractivity contribution < 1.29 is 9.53 Å². The Morgan fingerprint density at radius 3 is 2.53 bits per heavy atom. The van der Waals surface area contributed by atoms with Gasteiger partial charge >= 0.3 is 0 Å². The molecule has 2 heterocycles. The van der Waals surface area contributed by atoms with Crippen LogP contribution in [0.4, 0.5) is 0 Å². The molecule has 0 amide bonds. The van der Waals surface area contributed by atoms with Gasteiger partial charge in [-0.15, -0.1) is 0 Å². The van der Waals surface area contributed by atoms with Gasteiger partial charge in [0.25, 0.3) is 0 Å². The summed E-state index contributed by atoms with van der Waals surface area (Å²) in [6.45, 7) is 3.30. The first kappa shape index (κ1) is 13.0. The number of carbonyl (C=O) groups excluding carboxylic acids is 1. The molecule has 0 saturated carbocycles. The summed E-state index contributed by atoms with van der Waals surface area (Å²) in [4.78, 5) is 14.6. The monoisotopic (exact) mass is 239 g/mol. The largest absolute Gasteiger partial charge is 0.381 e. The van der Waals surface area contributed by atoms with Gasteiger partial charge in [0.2, 0.25) is 0 Å². The fourth-order valence-electron chi connectivity index (χ4n) is 3.40. The van der Waals surface area contributed by atoms with Crippen LogP contribution >= 0.6 is 0 Å². The van der Waals surface area contributed by atoms with Crippen LogP contribution in [0.1, 0.15) is 45.4 Å². The number of piperidine rings is 2. The van der Waals surface area contributed by atoms with E-state index in [4.69, 9.17) is 4.74 Å². The van der Waals surface area contributed by atoms with Crippen LogP contribution < -0.4 is 0 Å². The molecule has 2 atom stereocenters. The Bertz CT molecular complexity index is 253. The molecule has 2 aliphatic heterocycles. The van der Waals surface area contributed by atoms with E-state index < -0.39 is 0 Å². The van der Waals surface area contributed by atoms with Crippen LogP contribution in [0.5, 0.6) is 0 Å². The Balaban J connectivity index is 1.84. The summed E-state index contributed by atoms with van der Waals surface area (Å²) in [6, 6.07) is 1.31. The summed E-state index contributed by atoms with van der Waals surface area (Å²) in [5, 5.41) is 0. The van der Waals surface area contributed by atoms with Gasteiger partial charge in [0.15, 0.2) is 0 Å². The number of ether oxygens (including phenoxy) is 1. The molecule has 0 radical (unpaired) electrons. The number of rotatable bonds is 5. The quantitative estimate of drug-likeness (QED) is 0.689. The van der Waals surface area contributed by atoms with E-state index in [9.17, 15) is 4.79 Å². The van der Waals surface area contributed by atoms with E-state index in [0.29, 0.717) is 43.4 Å². The molecule has 2 fully saturated rings. The van der Waals surface area contributed by atoms with E-state index in [1.54, 1.807) is 0 Å². The Morgan fingerprint density at radius 1 is 1.29 bits per heavy atom. The lowest BCUT2D eigenvalue weighted by molar-refractivity contribution is -0.127. The van der Waals surface area contributed by atoms with E-state index in [0.717, 1.165) is 12.8 Å². The summed E-state index contributed by atoms with van der Waals surface area (Å²) in [5.74, 6) is 0.741. The van der Waals surface area contributed by atoms with Crippen molar-refractivity contribution in [2.75, 3.05) is 20.3 Å². The van der Waals surface area contributed by atoms with Crippen LogP contribution in [-0.4, -0.2) is 43.0 Å². The normalized spacial score (nSPS) is 33.6. The van der Waals surface area contributed by atoms with Gasteiger partial charge in [0, 0.05) is 31.0 Å². The molecule has 2 aliphatic rings. The average Bonchev–Trinajstić information content (AvgIpc) is 2.28. The number of hydrogen-bond acceptors (Lipinski definition) is 3. The van der Waals surface area contributed by atoms with Gasteiger partial charge in [-0.1, -0.05) is 6.42 Å². The SMILES string of the molecule is CCOCCC(=O)C1CC2CCCC(C1)N2C. The second kappa shape index (κ2) is 5.96. The van der Waals surface area contributed by atoms with Gasteiger partial charge in [-0.2, -0.15) is 0 Å². The zero-order valence-corrected chi connectivity index (χ0v) is 11.2. The number of carbonyl (C=O) groups is 1. The summed E-state index contributed by atoms with van der Waals surface area (Å²) in [5.41, 5.74) is 0. The summed E-state index contributed by atoms with van der Waals surface area (Å²) in [7, 11) is 2.23. The maximum absolute atomic E-state index is 12.1. The van der Waals surface area contributed by atoms with Crippen molar-refractivity contribution in [3.05, 3.63) is 0 Å². The molecule has 0 aromatic heterocycles. The van der Waals surface area contributed by atoms with E-state index in [2.05, 4.69) is 11.9 Å². The molecule has 2 bridgehead atoms. The van der Waals surface area contributed by atoms with Gasteiger partial charge in [-0.25, -0.2) is 0 Å². The summed E-state index contributed by atoms with van der Waals surface area (Å²) in [6.07, 6.45) is 6.68. The molecule has 0 N–H and O–H groups in total. The van der Waals surface area contributed by atoms with Crippen molar-refractivity contribution in [1.29, 1.82) is 0 Å². The van der Waals surface area contributed by atoms with E-state index >= 15 is 0 Å². The second-order valence-corrected chi connectivity index (χ2v) is 5.49. The fourth-order valence-corrected chi connectivity index (χ4v) is 3.40. The Hall–Kier alpha value is -0.410. The molecule has 0 aromatic rings. The Labute approximate surface area is 105 Å². The van der Waals surface area contributed by atoms with Crippen LogP contribution in [0.2, 0.25) is 0 Å². The van der Waals surface area contributed by atoms with Crippen molar-refractivity contribution >= 4 is 5.78 Å². The molecule has 2 unspecified atom stereocenters. The van der Waals surface area contributed by atoms with Crippen molar-refractivity contribution in [2.24, 2.45) is 5.92 Å². The molecular weight excluding hydrogens is 214 g/mol. The number of hydrogen-bond donors (Lipinski definition) is 0. The summed E-state index contributed by atoms with van der Waals surface area (Å²) >= 11 is 0. The zero-order valence-electron chi connectivity index (χ0n) is 11.2. The third-order valence-electron chi connectivity index (χ3n) is 4.49. The van der Waals surface area contributed by atoms with Crippen LogP contribution in [0.15, 0.2) is 0 Å². The van der Waals surface area contributed by atoms with Gasteiger partial charge < -0.3 is 9.64 Å². The first-order valence-electron chi connectivity index (χ1n) is 7.04. The molecule has 3 heteroatoms. The van der Waals surface area contributed by atoms with Crippen LogP contribution in [0, 0.1) is 5.92 Å². The highest BCUT2D eigenvalue weighted by atomic mass is 16.5. The van der Waals surface area contributed by atoms with E-state index in [1.165, 1.54) is 19.3 Å². The minimum atomic E-state index is 0.307. The molecule has 0 aliphatic carbocycles. The molecule has 2 rings (SSSR count). The first-order valence-corrected chi connectivity index (χ1v) is 7.04. The topological polar surface area (TPSA) is 29.5 Å². The Kier molecular flexibility index (Phi) is 4.57. The van der Waals surface area contributed by atoms with Crippen LogP contribution in [0.3, 0.4) is 0 Å². The molecule has 2 saturated heterocycles. The Morgan fingerprint density at radius 2 is 1.94 bits per heavy atom. The number of fused-ring (bicyclic) bond motifs is 2. The highest BCUT2D eigenvalue weighted by molar-refractivity contribution is 5.81. The lowest BCUT2D eigenvalue weighted by Crippen LogP contribution is -2.51. The third-order valence-corrected chi connectivity index (χ3v) is 4.49. The lowest BCUT2D eigenvalue weighted by atomic mass is 9.76. The smallest absolute Gasteiger partial charge is 0.138 e. The van der Waals surface area contributed by atoms with Crippen molar-refractivity contribution in [2.45, 2.75) is 57.5 Å². The molecule has 0 spiro atoms. The number of ketones is 1. The zero-order chi connectivity index (χ0) is 12.3. The van der Waals surface area contributed by atoms with Gasteiger partial charge in [0.1, 0.15) is 5.78 Å². The van der Waals surface area contributed by atoms with Gasteiger partial charge in [-0.05, 0) is 39.7 Å². The predicted octanol–water partition coefficient (Wildman–Crippen LogP) is 2.25. The molecule has 17 heavy (non-hydrogen) atoms. The highest BCUT2D eigenvalue weighted by Crippen LogP contribution is 2.36. The minimum absolute atomic E-state index is 0.307. The molecule has 3 nitrogen and oxygen atoms in total. The number of Topliss-reactive ketones (excluding diaryl/α,β-unsaturated/α-hetero) is 1. The molecule has 98 valence electrons. The average molecular weight is 239 g/mol. The summed E-state index contributed by atoms with van der Waals surface area (Å²) < 4.78 is 5.28. The van der Waals surface area contributed by atoms with E-state index in [-0.39, 0.29) is 0 Å². The number of nitrogens with zero attached hydrogens (tertiary/aromatic N) is 1.